The lowest BCUT2D eigenvalue weighted by atomic mass is 9.86. The largest absolute Gasteiger partial charge is 0.465 e. The fourth-order valence-corrected chi connectivity index (χ4v) is 4.82. The third kappa shape index (κ3) is 7.28. The predicted molar refractivity (Wildman–Crippen MR) is 147 cm³/mol. The molecule has 1 atom stereocenters. The standard InChI is InChI=1S/C30H39N3O4/c1-2-13-33(14-4-15-34)30(36)26-17-25-12-11-24(18-27(25)32-28(31)19-26)23-9-7-21(8-10-23)16-29(35)37-20-22-5-3-6-22/h7-12,17-18,22,30,34,36H,2-6,13-16,19-20H2,1H3,(H2,31,32). The van der Waals surface area contributed by atoms with Crippen molar-refractivity contribution in [2.75, 3.05) is 26.3 Å². The number of amidine groups is 1. The summed E-state index contributed by atoms with van der Waals surface area (Å²) in [5, 5.41) is 20.3. The van der Waals surface area contributed by atoms with Crippen molar-refractivity contribution in [3.63, 3.8) is 0 Å². The first-order chi connectivity index (χ1) is 18.0. The summed E-state index contributed by atoms with van der Waals surface area (Å²) in [5.41, 5.74) is 11.7. The molecule has 1 heterocycles. The molecule has 2 aliphatic rings. The molecule has 0 spiro atoms. The molecule has 0 bridgehead atoms. The van der Waals surface area contributed by atoms with E-state index in [0.717, 1.165) is 59.3 Å². The topological polar surface area (TPSA) is 108 Å². The third-order valence-electron chi connectivity index (χ3n) is 7.15. The number of aliphatic imine (C=N–C) groups is 1. The summed E-state index contributed by atoms with van der Waals surface area (Å²) in [4.78, 5) is 18.8. The van der Waals surface area contributed by atoms with E-state index in [0.29, 0.717) is 37.7 Å². The first-order valence-electron chi connectivity index (χ1n) is 13.4. The molecule has 198 valence electrons. The van der Waals surface area contributed by atoms with Gasteiger partial charge in [0.15, 0.2) is 0 Å². The SMILES string of the molecule is CCCN(CCCO)C(O)C1=Cc2ccc(-c3ccc(CC(=O)OCC4CCC4)cc3)cc2N=C(N)C1. The van der Waals surface area contributed by atoms with Gasteiger partial charge in [0.2, 0.25) is 0 Å². The first-order valence-corrected chi connectivity index (χ1v) is 13.4. The van der Waals surface area contributed by atoms with Gasteiger partial charge in [-0.2, -0.15) is 0 Å². The fourth-order valence-electron chi connectivity index (χ4n) is 4.82. The molecule has 2 aromatic carbocycles. The highest BCUT2D eigenvalue weighted by Crippen LogP contribution is 2.33. The Morgan fingerprint density at radius 2 is 1.92 bits per heavy atom. The lowest BCUT2D eigenvalue weighted by molar-refractivity contribution is -0.145. The van der Waals surface area contributed by atoms with E-state index in [4.69, 9.17) is 10.5 Å². The summed E-state index contributed by atoms with van der Waals surface area (Å²) >= 11 is 0. The molecule has 4 N–H and O–H groups in total. The van der Waals surface area contributed by atoms with Crippen molar-refractivity contribution in [1.82, 2.24) is 4.90 Å². The minimum atomic E-state index is -0.779. The molecule has 0 radical (unpaired) electrons. The molecule has 4 rings (SSSR count). The number of rotatable bonds is 12. The maximum atomic E-state index is 12.2. The lowest BCUT2D eigenvalue weighted by Gasteiger charge is -2.29. The predicted octanol–water partition coefficient (Wildman–Crippen LogP) is 4.43. The lowest BCUT2D eigenvalue weighted by Crippen LogP contribution is -2.39. The highest BCUT2D eigenvalue weighted by molar-refractivity contribution is 5.91. The number of nitrogens with two attached hydrogens (primary N) is 1. The van der Waals surface area contributed by atoms with Crippen LogP contribution in [0.1, 0.15) is 56.6 Å². The zero-order chi connectivity index (χ0) is 26.2. The summed E-state index contributed by atoms with van der Waals surface area (Å²) in [6.07, 6.45) is 6.94. The van der Waals surface area contributed by atoms with Crippen LogP contribution in [0.3, 0.4) is 0 Å². The van der Waals surface area contributed by atoms with E-state index in [1.807, 2.05) is 53.4 Å². The average Bonchev–Trinajstić information content (AvgIpc) is 3.03. The van der Waals surface area contributed by atoms with Gasteiger partial charge >= 0.3 is 5.97 Å². The van der Waals surface area contributed by atoms with Gasteiger partial charge in [0.25, 0.3) is 0 Å². The second kappa shape index (κ2) is 13.0. The van der Waals surface area contributed by atoms with E-state index in [-0.39, 0.29) is 19.0 Å². The van der Waals surface area contributed by atoms with Crippen LogP contribution in [0, 0.1) is 5.92 Å². The highest BCUT2D eigenvalue weighted by Gasteiger charge is 2.22. The smallest absolute Gasteiger partial charge is 0.310 e. The minimum absolute atomic E-state index is 0.0900. The minimum Gasteiger partial charge on any atom is -0.465 e. The van der Waals surface area contributed by atoms with Crippen LogP contribution in [0.2, 0.25) is 0 Å². The Labute approximate surface area is 219 Å². The first kappa shape index (κ1) is 27.0. The maximum absolute atomic E-state index is 12.2. The molecule has 1 aliphatic heterocycles. The molecule has 0 saturated heterocycles. The summed E-state index contributed by atoms with van der Waals surface area (Å²) in [7, 11) is 0. The van der Waals surface area contributed by atoms with Crippen molar-refractivity contribution in [3.8, 4) is 11.1 Å². The molecule has 7 nitrogen and oxygen atoms in total. The maximum Gasteiger partial charge on any atom is 0.310 e. The quantitative estimate of drug-likeness (QED) is 0.291. The number of nitrogens with zero attached hydrogens (tertiary/aromatic N) is 2. The van der Waals surface area contributed by atoms with Crippen LogP contribution in [0.5, 0.6) is 0 Å². The van der Waals surface area contributed by atoms with E-state index in [1.165, 1.54) is 6.42 Å². The van der Waals surface area contributed by atoms with E-state index in [2.05, 4.69) is 11.9 Å². The van der Waals surface area contributed by atoms with Crippen molar-refractivity contribution < 1.29 is 19.7 Å². The van der Waals surface area contributed by atoms with Gasteiger partial charge in [-0.15, -0.1) is 0 Å². The molecule has 1 fully saturated rings. The van der Waals surface area contributed by atoms with Gasteiger partial charge in [-0.05, 0) is 66.0 Å². The van der Waals surface area contributed by atoms with Gasteiger partial charge < -0.3 is 20.7 Å². The van der Waals surface area contributed by atoms with Gasteiger partial charge in [-0.25, -0.2) is 4.99 Å². The molecular formula is C30H39N3O4. The Hall–Kier alpha value is -3.00. The highest BCUT2D eigenvalue weighted by atomic mass is 16.5. The number of esters is 1. The molecular weight excluding hydrogens is 466 g/mol. The number of aliphatic hydroxyl groups is 2. The number of ether oxygens (including phenoxy) is 1. The van der Waals surface area contributed by atoms with Crippen molar-refractivity contribution >= 4 is 23.6 Å². The van der Waals surface area contributed by atoms with Crippen LogP contribution in [0.15, 0.2) is 53.0 Å². The van der Waals surface area contributed by atoms with E-state index >= 15 is 0 Å². The number of aliphatic hydroxyl groups excluding tert-OH is 2. The van der Waals surface area contributed by atoms with Crippen molar-refractivity contribution in [2.45, 2.75) is 58.1 Å². The van der Waals surface area contributed by atoms with E-state index < -0.39 is 6.23 Å². The van der Waals surface area contributed by atoms with Crippen molar-refractivity contribution in [1.29, 1.82) is 0 Å². The molecule has 37 heavy (non-hydrogen) atoms. The van der Waals surface area contributed by atoms with E-state index in [1.54, 1.807) is 0 Å². The Morgan fingerprint density at radius 3 is 2.59 bits per heavy atom. The molecule has 1 unspecified atom stereocenters. The summed E-state index contributed by atoms with van der Waals surface area (Å²) < 4.78 is 5.42. The van der Waals surface area contributed by atoms with Crippen molar-refractivity contribution in [2.24, 2.45) is 16.6 Å². The summed E-state index contributed by atoms with van der Waals surface area (Å²) in [6, 6.07) is 14.0. The molecule has 1 saturated carbocycles. The normalized spacial score (nSPS) is 16.3. The molecule has 0 aromatic heterocycles. The fraction of sp³-hybridized carbons (Fsp3) is 0.467. The Bertz CT molecular complexity index is 1120. The number of carbonyl (C=O) groups excluding carboxylic acids is 1. The van der Waals surface area contributed by atoms with E-state index in [9.17, 15) is 15.0 Å². The zero-order valence-corrected chi connectivity index (χ0v) is 21.7. The van der Waals surface area contributed by atoms with Gasteiger partial charge in [0, 0.05) is 31.7 Å². The second-order valence-electron chi connectivity index (χ2n) is 10.1. The van der Waals surface area contributed by atoms with Gasteiger partial charge in [0.05, 0.1) is 18.7 Å². The molecule has 0 amide bonds. The monoisotopic (exact) mass is 505 g/mol. The van der Waals surface area contributed by atoms with Crippen LogP contribution in [-0.4, -0.2) is 59.4 Å². The van der Waals surface area contributed by atoms with Crippen LogP contribution in [-0.2, 0) is 16.0 Å². The Balaban J connectivity index is 1.47. The zero-order valence-electron chi connectivity index (χ0n) is 21.7. The summed E-state index contributed by atoms with van der Waals surface area (Å²) in [5.74, 6) is 0.829. The van der Waals surface area contributed by atoms with Gasteiger partial charge in [-0.3, -0.25) is 9.69 Å². The third-order valence-corrected chi connectivity index (χ3v) is 7.15. The number of fused-ring (bicyclic) bond motifs is 1. The van der Waals surface area contributed by atoms with Gasteiger partial charge in [0.1, 0.15) is 12.1 Å². The van der Waals surface area contributed by atoms with Crippen LogP contribution < -0.4 is 5.73 Å². The summed E-state index contributed by atoms with van der Waals surface area (Å²) in [6.45, 7) is 4.05. The Morgan fingerprint density at radius 1 is 1.16 bits per heavy atom. The second-order valence-corrected chi connectivity index (χ2v) is 10.1. The van der Waals surface area contributed by atoms with Crippen molar-refractivity contribution in [3.05, 3.63) is 59.2 Å². The van der Waals surface area contributed by atoms with Gasteiger partial charge in [-0.1, -0.05) is 49.7 Å². The molecule has 7 heteroatoms. The molecule has 1 aliphatic carbocycles. The number of benzene rings is 2. The van der Waals surface area contributed by atoms with Crippen LogP contribution in [0.25, 0.3) is 17.2 Å². The van der Waals surface area contributed by atoms with Crippen LogP contribution >= 0.6 is 0 Å². The Kier molecular flexibility index (Phi) is 9.50. The average molecular weight is 506 g/mol. The number of carbonyl (C=O) groups is 1. The molecule has 2 aromatic rings. The number of hydrogen-bond acceptors (Lipinski definition) is 7. The number of hydrogen-bond donors (Lipinski definition) is 3. The van der Waals surface area contributed by atoms with Crippen LogP contribution in [0.4, 0.5) is 5.69 Å².